The van der Waals surface area contributed by atoms with E-state index >= 15 is 0 Å². The number of methoxy groups -OCH3 is 2. The molecule has 7 heteroatoms. The van der Waals surface area contributed by atoms with Crippen molar-refractivity contribution in [3.63, 3.8) is 0 Å². The van der Waals surface area contributed by atoms with Crippen molar-refractivity contribution in [3.05, 3.63) is 0 Å². The van der Waals surface area contributed by atoms with E-state index in [1.165, 1.54) is 14.2 Å². The van der Waals surface area contributed by atoms with Crippen LogP contribution >= 0.6 is 0 Å². The second kappa shape index (κ2) is 8.40. The molecule has 1 aliphatic rings. The number of piperidine rings is 1. The van der Waals surface area contributed by atoms with Crippen molar-refractivity contribution < 1.29 is 28.6 Å². The van der Waals surface area contributed by atoms with Gasteiger partial charge >= 0.3 is 6.09 Å². The molecule has 0 aromatic carbocycles. The largest absolute Gasteiger partial charge is 0.443 e. The van der Waals surface area contributed by atoms with Crippen molar-refractivity contribution >= 4 is 17.8 Å². The van der Waals surface area contributed by atoms with E-state index in [4.69, 9.17) is 14.2 Å². The van der Waals surface area contributed by atoms with Crippen LogP contribution in [-0.2, 0) is 23.8 Å². The highest BCUT2D eigenvalue weighted by molar-refractivity contribution is 6.08. The van der Waals surface area contributed by atoms with Crippen molar-refractivity contribution in [3.8, 4) is 0 Å². The number of Topliss-reactive ketones (excluding diaryl/α,β-unsaturated/α-hetero) is 1. The Morgan fingerprint density at radius 3 is 2.39 bits per heavy atom. The number of hydrogen-bond acceptors (Lipinski definition) is 6. The molecule has 0 bridgehead atoms. The van der Waals surface area contributed by atoms with Gasteiger partial charge in [-0.05, 0) is 40.0 Å². The zero-order chi connectivity index (χ0) is 17.6. The summed E-state index contributed by atoms with van der Waals surface area (Å²) in [7, 11) is 3.07. The maximum Gasteiger partial charge on any atom is 0.417 e. The Balaban J connectivity index is 2.63. The van der Waals surface area contributed by atoms with Gasteiger partial charge in [0.1, 0.15) is 11.4 Å². The van der Waals surface area contributed by atoms with Gasteiger partial charge in [-0.3, -0.25) is 9.59 Å². The van der Waals surface area contributed by atoms with Gasteiger partial charge in [-0.15, -0.1) is 0 Å². The summed E-state index contributed by atoms with van der Waals surface area (Å²) < 4.78 is 15.4. The predicted octanol–water partition coefficient (Wildman–Crippen LogP) is 2.13. The monoisotopic (exact) mass is 329 g/mol. The summed E-state index contributed by atoms with van der Waals surface area (Å²) in [6.07, 6.45) is 0.679. The van der Waals surface area contributed by atoms with Crippen LogP contribution in [0.25, 0.3) is 0 Å². The fourth-order valence-corrected chi connectivity index (χ4v) is 2.44. The summed E-state index contributed by atoms with van der Waals surface area (Å²) in [6, 6.07) is 0. The van der Waals surface area contributed by atoms with Crippen LogP contribution < -0.4 is 0 Å². The number of rotatable bonds is 6. The van der Waals surface area contributed by atoms with E-state index in [0.717, 1.165) is 4.90 Å². The number of carbonyl (C=O) groups excluding carboxylic acids is 3. The van der Waals surface area contributed by atoms with Crippen LogP contribution in [0.2, 0.25) is 0 Å². The van der Waals surface area contributed by atoms with Gasteiger partial charge in [-0.1, -0.05) is 0 Å². The van der Waals surface area contributed by atoms with Crippen LogP contribution in [0.5, 0.6) is 0 Å². The first kappa shape index (κ1) is 19.6. The van der Waals surface area contributed by atoms with E-state index in [1.807, 2.05) is 0 Å². The van der Waals surface area contributed by atoms with Gasteiger partial charge < -0.3 is 14.2 Å². The Hall–Kier alpha value is -1.47. The molecule has 0 saturated carbocycles. The van der Waals surface area contributed by atoms with Gasteiger partial charge in [0.05, 0.1) is 5.92 Å². The van der Waals surface area contributed by atoms with Crippen molar-refractivity contribution in [2.24, 2.45) is 5.92 Å². The van der Waals surface area contributed by atoms with Gasteiger partial charge in [0, 0.05) is 27.2 Å². The molecule has 0 radical (unpaired) electrons. The van der Waals surface area contributed by atoms with Crippen LogP contribution in [0.15, 0.2) is 0 Å². The molecule has 0 aromatic rings. The smallest absolute Gasteiger partial charge is 0.417 e. The lowest BCUT2D eigenvalue weighted by Gasteiger charge is -2.31. The number of imide groups is 1. The molecule has 7 nitrogen and oxygen atoms in total. The van der Waals surface area contributed by atoms with E-state index < -0.39 is 23.5 Å². The minimum Gasteiger partial charge on any atom is -0.443 e. The van der Waals surface area contributed by atoms with E-state index in [2.05, 4.69) is 0 Å². The number of carbonyl (C=O) groups is 3. The highest BCUT2D eigenvalue weighted by atomic mass is 16.7. The Bertz CT molecular complexity index is 438. The van der Waals surface area contributed by atoms with Gasteiger partial charge in [-0.25, -0.2) is 9.69 Å². The molecule has 0 N–H and O–H groups in total. The summed E-state index contributed by atoms with van der Waals surface area (Å²) >= 11 is 0. The lowest BCUT2D eigenvalue weighted by Crippen LogP contribution is -2.50. The highest BCUT2D eigenvalue weighted by Crippen LogP contribution is 2.23. The normalized spacial score (nSPS) is 19.4. The quantitative estimate of drug-likeness (QED) is 0.548. The van der Waals surface area contributed by atoms with Gasteiger partial charge in [0.25, 0.3) is 0 Å². The zero-order valence-corrected chi connectivity index (χ0v) is 14.6. The summed E-state index contributed by atoms with van der Waals surface area (Å²) in [4.78, 5) is 37.6. The summed E-state index contributed by atoms with van der Waals surface area (Å²) in [5.41, 5.74) is -0.682. The second-order valence-corrected chi connectivity index (χ2v) is 6.57. The Morgan fingerprint density at radius 1 is 1.26 bits per heavy atom. The number of ketones is 1. The molecule has 1 aliphatic heterocycles. The summed E-state index contributed by atoms with van der Waals surface area (Å²) in [5.74, 6) is -1.38. The molecular formula is C16H27NO6. The number of ether oxygens (including phenoxy) is 3. The minimum atomic E-state index is -0.786. The molecule has 2 amide bonds. The van der Waals surface area contributed by atoms with Gasteiger partial charge in [0.2, 0.25) is 5.91 Å². The van der Waals surface area contributed by atoms with Gasteiger partial charge in [0.15, 0.2) is 6.29 Å². The zero-order valence-electron chi connectivity index (χ0n) is 14.6. The molecule has 1 rings (SSSR count). The van der Waals surface area contributed by atoms with Crippen molar-refractivity contribution in [1.82, 2.24) is 4.90 Å². The van der Waals surface area contributed by atoms with E-state index in [-0.39, 0.29) is 25.0 Å². The molecular weight excluding hydrogens is 302 g/mol. The number of hydrogen-bond donors (Lipinski definition) is 0. The third-order valence-electron chi connectivity index (χ3n) is 3.61. The minimum absolute atomic E-state index is 0.0852. The Kier molecular flexibility index (Phi) is 7.15. The van der Waals surface area contributed by atoms with Crippen molar-refractivity contribution in [2.75, 3.05) is 20.8 Å². The average molecular weight is 329 g/mol. The van der Waals surface area contributed by atoms with E-state index in [1.54, 1.807) is 20.8 Å². The molecule has 1 heterocycles. The van der Waals surface area contributed by atoms with Crippen LogP contribution in [0, 0.1) is 5.92 Å². The highest BCUT2D eigenvalue weighted by Gasteiger charge is 2.39. The first-order valence-electron chi connectivity index (χ1n) is 7.82. The van der Waals surface area contributed by atoms with Crippen molar-refractivity contribution in [2.45, 2.75) is 58.3 Å². The number of likely N-dealkylation sites (tertiary alicyclic amines) is 1. The van der Waals surface area contributed by atoms with Crippen LogP contribution in [0.1, 0.15) is 46.5 Å². The average Bonchev–Trinajstić information content (AvgIpc) is 2.44. The fourth-order valence-electron chi connectivity index (χ4n) is 2.44. The van der Waals surface area contributed by atoms with E-state index in [9.17, 15) is 14.4 Å². The molecule has 1 atom stereocenters. The Morgan fingerprint density at radius 2 is 1.87 bits per heavy atom. The van der Waals surface area contributed by atoms with Crippen LogP contribution in [0.4, 0.5) is 4.79 Å². The Labute approximate surface area is 137 Å². The molecule has 0 spiro atoms. The topological polar surface area (TPSA) is 82.1 Å². The maximum atomic E-state index is 12.4. The first-order chi connectivity index (χ1) is 10.7. The number of nitrogens with zero attached hydrogens (tertiary/aromatic N) is 1. The lowest BCUT2D eigenvalue weighted by atomic mass is 9.90. The molecule has 23 heavy (non-hydrogen) atoms. The van der Waals surface area contributed by atoms with Crippen molar-refractivity contribution in [1.29, 1.82) is 0 Å². The first-order valence-corrected chi connectivity index (χ1v) is 7.82. The standard InChI is InChI=1S/C16H27NO6/c1-16(2,3)23-15(20)17-10-9-12(18)11(14(17)19)7-6-8-13(21-4)22-5/h11,13H,6-10H2,1-5H3. The molecule has 1 saturated heterocycles. The third-order valence-corrected chi connectivity index (χ3v) is 3.61. The molecule has 0 aliphatic carbocycles. The molecule has 132 valence electrons. The fraction of sp³-hybridized carbons (Fsp3) is 0.812. The van der Waals surface area contributed by atoms with Gasteiger partial charge in [-0.2, -0.15) is 0 Å². The SMILES string of the molecule is COC(CCCC1C(=O)CCN(C(=O)OC(C)(C)C)C1=O)OC. The second-order valence-electron chi connectivity index (χ2n) is 6.57. The van der Waals surface area contributed by atoms with E-state index in [0.29, 0.717) is 19.3 Å². The van der Waals surface area contributed by atoms with Crippen LogP contribution in [-0.4, -0.2) is 55.3 Å². The molecule has 1 unspecified atom stereocenters. The third kappa shape index (κ3) is 5.91. The molecule has 1 fully saturated rings. The predicted molar refractivity (Wildman–Crippen MR) is 82.7 cm³/mol. The summed E-state index contributed by atoms with van der Waals surface area (Å²) in [6.45, 7) is 5.29. The lowest BCUT2D eigenvalue weighted by molar-refractivity contribution is -0.145. The number of amides is 2. The van der Waals surface area contributed by atoms with Crippen LogP contribution in [0.3, 0.4) is 0 Å². The summed E-state index contributed by atoms with van der Waals surface area (Å²) in [5, 5.41) is 0. The maximum absolute atomic E-state index is 12.4. The molecule has 0 aromatic heterocycles.